The zero-order chi connectivity index (χ0) is 14.3. The molecule has 0 aliphatic carbocycles. The molecule has 1 atom stereocenters. The normalized spacial score (nSPS) is 13.3. The van der Waals surface area contributed by atoms with Crippen LogP contribution >= 0.6 is 0 Å². The van der Waals surface area contributed by atoms with Crippen LogP contribution in [0.3, 0.4) is 0 Å². The number of aliphatic hydroxyl groups excluding tert-OH is 2. The Bertz CT molecular complexity index is 379. The first-order valence-corrected chi connectivity index (χ1v) is 6.72. The van der Waals surface area contributed by atoms with E-state index in [0.29, 0.717) is 6.54 Å². The molecule has 0 aliphatic rings. The fraction of sp³-hybridized carbons (Fsp3) is 0.600. The minimum Gasteiger partial charge on any atom is -0.491 e. The van der Waals surface area contributed by atoms with E-state index < -0.39 is 6.10 Å². The number of β-amino-alcohol motifs (C(OH)–C–C–N with tert-alkyl or cyclic N) is 1. The maximum absolute atomic E-state index is 9.83. The van der Waals surface area contributed by atoms with E-state index in [2.05, 4.69) is 18.3 Å². The Morgan fingerprint density at radius 1 is 1.37 bits per heavy atom. The van der Waals surface area contributed by atoms with Crippen molar-refractivity contribution >= 4 is 0 Å². The van der Waals surface area contributed by atoms with Crippen molar-refractivity contribution in [2.75, 3.05) is 19.8 Å². The Morgan fingerprint density at radius 2 is 2.11 bits per heavy atom. The van der Waals surface area contributed by atoms with Crippen molar-refractivity contribution < 1.29 is 14.9 Å². The minimum absolute atomic E-state index is 0.0269. The molecule has 0 aliphatic heterocycles. The van der Waals surface area contributed by atoms with Gasteiger partial charge in [0.25, 0.3) is 0 Å². The second kappa shape index (κ2) is 7.48. The zero-order valence-electron chi connectivity index (χ0n) is 12.0. The van der Waals surface area contributed by atoms with Gasteiger partial charge in [-0.3, -0.25) is 0 Å². The zero-order valence-corrected chi connectivity index (χ0v) is 12.0. The molecule has 1 rings (SSSR count). The van der Waals surface area contributed by atoms with Gasteiger partial charge in [-0.1, -0.05) is 19.1 Å². The van der Waals surface area contributed by atoms with Gasteiger partial charge in [0, 0.05) is 12.1 Å². The topological polar surface area (TPSA) is 61.7 Å². The van der Waals surface area contributed by atoms with Gasteiger partial charge in [-0.15, -0.1) is 0 Å². The molecule has 0 saturated heterocycles. The van der Waals surface area contributed by atoms with Gasteiger partial charge in [0.15, 0.2) is 0 Å². The smallest absolute Gasteiger partial charge is 0.119 e. The first kappa shape index (κ1) is 16.0. The molecule has 0 fully saturated rings. The molecule has 1 aromatic rings. The number of nitrogens with one attached hydrogen (secondary N) is 1. The average molecular weight is 267 g/mol. The summed E-state index contributed by atoms with van der Waals surface area (Å²) in [6, 6.07) is 7.87. The standard InChI is InChI=1S/C15H25NO3/c1-4-12-6-5-7-14(8-12)19-10-13(18)9-16-15(2,3)11-17/h5-8,13,16-18H,4,9-11H2,1-3H3. The van der Waals surface area contributed by atoms with Crippen molar-refractivity contribution in [3.05, 3.63) is 29.8 Å². The quantitative estimate of drug-likeness (QED) is 0.665. The fourth-order valence-corrected chi connectivity index (χ4v) is 1.56. The molecular weight excluding hydrogens is 242 g/mol. The molecule has 108 valence electrons. The second-order valence-electron chi connectivity index (χ2n) is 5.39. The first-order valence-electron chi connectivity index (χ1n) is 6.72. The van der Waals surface area contributed by atoms with Gasteiger partial charge in [0.2, 0.25) is 0 Å². The van der Waals surface area contributed by atoms with Crippen molar-refractivity contribution in [1.29, 1.82) is 0 Å². The molecule has 0 aromatic heterocycles. The van der Waals surface area contributed by atoms with Crippen LogP contribution in [-0.4, -0.2) is 41.6 Å². The summed E-state index contributed by atoms with van der Waals surface area (Å²) in [6.45, 7) is 6.51. The molecule has 4 nitrogen and oxygen atoms in total. The fourth-order valence-electron chi connectivity index (χ4n) is 1.56. The Kier molecular flexibility index (Phi) is 6.28. The molecule has 0 radical (unpaired) electrons. The van der Waals surface area contributed by atoms with Crippen LogP contribution in [-0.2, 0) is 6.42 Å². The van der Waals surface area contributed by atoms with Crippen LogP contribution in [0.15, 0.2) is 24.3 Å². The van der Waals surface area contributed by atoms with E-state index in [0.717, 1.165) is 12.2 Å². The lowest BCUT2D eigenvalue weighted by Gasteiger charge is -2.25. The summed E-state index contributed by atoms with van der Waals surface area (Å²) in [4.78, 5) is 0. The SMILES string of the molecule is CCc1cccc(OCC(O)CNC(C)(C)CO)c1. The number of rotatable bonds is 8. The molecule has 4 heteroatoms. The Labute approximate surface area is 115 Å². The highest BCUT2D eigenvalue weighted by Gasteiger charge is 2.17. The number of aryl methyl sites for hydroxylation is 1. The van der Waals surface area contributed by atoms with Gasteiger partial charge in [0.1, 0.15) is 18.5 Å². The number of aliphatic hydroxyl groups is 2. The van der Waals surface area contributed by atoms with Crippen molar-refractivity contribution in [1.82, 2.24) is 5.32 Å². The number of benzene rings is 1. The summed E-state index contributed by atoms with van der Waals surface area (Å²) in [6.07, 6.45) is 0.363. The predicted octanol–water partition coefficient (Wildman–Crippen LogP) is 1.35. The monoisotopic (exact) mass is 267 g/mol. The van der Waals surface area contributed by atoms with Crippen LogP contribution in [0.2, 0.25) is 0 Å². The van der Waals surface area contributed by atoms with E-state index in [4.69, 9.17) is 9.84 Å². The predicted molar refractivity (Wildman–Crippen MR) is 76.5 cm³/mol. The van der Waals surface area contributed by atoms with E-state index in [-0.39, 0.29) is 18.8 Å². The van der Waals surface area contributed by atoms with Gasteiger partial charge in [-0.25, -0.2) is 0 Å². The van der Waals surface area contributed by atoms with Crippen LogP contribution < -0.4 is 10.1 Å². The lowest BCUT2D eigenvalue weighted by molar-refractivity contribution is 0.0906. The number of ether oxygens (including phenoxy) is 1. The van der Waals surface area contributed by atoms with E-state index in [9.17, 15) is 5.11 Å². The third-order valence-corrected chi connectivity index (χ3v) is 2.96. The van der Waals surface area contributed by atoms with E-state index in [1.807, 2.05) is 32.0 Å². The van der Waals surface area contributed by atoms with E-state index >= 15 is 0 Å². The van der Waals surface area contributed by atoms with Crippen LogP contribution in [0.5, 0.6) is 5.75 Å². The summed E-state index contributed by atoms with van der Waals surface area (Å²) < 4.78 is 5.56. The van der Waals surface area contributed by atoms with Crippen molar-refractivity contribution in [3.63, 3.8) is 0 Å². The minimum atomic E-state index is -0.601. The molecule has 0 bridgehead atoms. The molecule has 0 heterocycles. The van der Waals surface area contributed by atoms with Gasteiger partial charge in [-0.05, 0) is 38.0 Å². The second-order valence-corrected chi connectivity index (χ2v) is 5.39. The summed E-state index contributed by atoms with van der Waals surface area (Å²) >= 11 is 0. The summed E-state index contributed by atoms with van der Waals surface area (Å²) in [7, 11) is 0. The van der Waals surface area contributed by atoms with Crippen molar-refractivity contribution in [2.24, 2.45) is 0 Å². The molecule has 0 saturated carbocycles. The van der Waals surface area contributed by atoms with E-state index in [1.165, 1.54) is 5.56 Å². The number of hydrogen-bond donors (Lipinski definition) is 3. The molecule has 0 amide bonds. The van der Waals surface area contributed by atoms with Crippen LogP contribution in [0.4, 0.5) is 0 Å². The first-order chi connectivity index (χ1) is 8.96. The molecule has 3 N–H and O–H groups in total. The molecular formula is C15H25NO3. The van der Waals surface area contributed by atoms with Gasteiger partial charge in [0.05, 0.1) is 6.61 Å². The lowest BCUT2D eigenvalue weighted by atomic mass is 10.1. The lowest BCUT2D eigenvalue weighted by Crippen LogP contribution is -2.47. The maximum Gasteiger partial charge on any atom is 0.119 e. The largest absolute Gasteiger partial charge is 0.491 e. The van der Waals surface area contributed by atoms with Crippen LogP contribution in [0.25, 0.3) is 0 Å². The summed E-state index contributed by atoms with van der Waals surface area (Å²) in [5, 5.41) is 22.0. The summed E-state index contributed by atoms with van der Waals surface area (Å²) in [5.41, 5.74) is 0.829. The third-order valence-electron chi connectivity index (χ3n) is 2.96. The number of hydrogen-bond acceptors (Lipinski definition) is 4. The third kappa shape index (κ3) is 6.05. The molecule has 19 heavy (non-hydrogen) atoms. The molecule has 1 aromatic carbocycles. The van der Waals surface area contributed by atoms with Gasteiger partial charge in [-0.2, -0.15) is 0 Å². The van der Waals surface area contributed by atoms with Gasteiger partial charge >= 0.3 is 0 Å². The van der Waals surface area contributed by atoms with Crippen LogP contribution in [0.1, 0.15) is 26.3 Å². The Hall–Kier alpha value is -1.10. The van der Waals surface area contributed by atoms with E-state index in [1.54, 1.807) is 0 Å². The van der Waals surface area contributed by atoms with Crippen LogP contribution in [0, 0.1) is 0 Å². The maximum atomic E-state index is 9.83. The molecule has 1 unspecified atom stereocenters. The highest BCUT2D eigenvalue weighted by Crippen LogP contribution is 2.13. The van der Waals surface area contributed by atoms with Crippen molar-refractivity contribution in [2.45, 2.75) is 38.8 Å². The van der Waals surface area contributed by atoms with Crippen molar-refractivity contribution in [3.8, 4) is 5.75 Å². The summed E-state index contributed by atoms with van der Waals surface area (Å²) in [5.74, 6) is 0.778. The Balaban J connectivity index is 2.35. The highest BCUT2D eigenvalue weighted by molar-refractivity contribution is 5.28. The average Bonchev–Trinajstić information content (AvgIpc) is 2.43. The molecule has 0 spiro atoms. The van der Waals surface area contributed by atoms with Gasteiger partial charge < -0.3 is 20.3 Å². The Morgan fingerprint density at radius 3 is 2.74 bits per heavy atom. The highest BCUT2D eigenvalue weighted by atomic mass is 16.5.